The Morgan fingerprint density at radius 1 is 1.32 bits per heavy atom. The zero-order valence-corrected chi connectivity index (χ0v) is 11.2. The van der Waals surface area contributed by atoms with E-state index in [1.807, 2.05) is 15.9 Å². The van der Waals surface area contributed by atoms with E-state index >= 15 is 0 Å². The lowest BCUT2D eigenvalue weighted by molar-refractivity contribution is -0.128. The Labute approximate surface area is 113 Å². The van der Waals surface area contributed by atoms with Crippen molar-refractivity contribution in [1.29, 1.82) is 0 Å². The topological polar surface area (TPSA) is 49.6 Å². The summed E-state index contributed by atoms with van der Waals surface area (Å²) in [5.74, 6) is -0.153. The fourth-order valence-corrected chi connectivity index (χ4v) is 2.41. The summed E-state index contributed by atoms with van der Waals surface area (Å²) in [5, 5.41) is 0. The van der Waals surface area contributed by atoms with Gasteiger partial charge in [-0.15, -0.1) is 0 Å². The van der Waals surface area contributed by atoms with Crippen molar-refractivity contribution in [2.75, 3.05) is 31.1 Å². The molecule has 104 valence electrons. The van der Waals surface area contributed by atoms with E-state index in [-0.39, 0.29) is 11.7 Å². The number of benzene rings is 1. The molecular weight excluding hydrogens is 245 g/mol. The SMILES string of the molecule is CC(=O)N1CCCN(c2ccc(CN)cc2F)CC1. The van der Waals surface area contributed by atoms with Gasteiger partial charge in [0, 0.05) is 39.6 Å². The fraction of sp³-hybridized carbons (Fsp3) is 0.500. The Balaban J connectivity index is 2.12. The number of anilines is 1. The first-order chi connectivity index (χ1) is 9.11. The highest BCUT2D eigenvalue weighted by Gasteiger charge is 2.18. The molecule has 5 heteroatoms. The van der Waals surface area contributed by atoms with Crippen molar-refractivity contribution in [2.24, 2.45) is 5.73 Å². The van der Waals surface area contributed by atoms with Crippen molar-refractivity contribution in [1.82, 2.24) is 4.90 Å². The number of amides is 1. The van der Waals surface area contributed by atoms with Gasteiger partial charge in [-0.3, -0.25) is 4.79 Å². The van der Waals surface area contributed by atoms with Crippen LogP contribution in [0.5, 0.6) is 0 Å². The minimum Gasteiger partial charge on any atom is -0.367 e. The summed E-state index contributed by atoms with van der Waals surface area (Å²) in [6, 6.07) is 5.12. The fourth-order valence-electron chi connectivity index (χ4n) is 2.41. The minimum absolute atomic E-state index is 0.0841. The van der Waals surface area contributed by atoms with Crippen LogP contribution < -0.4 is 10.6 Å². The Kier molecular flexibility index (Phi) is 4.37. The highest BCUT2D eigenvalue weighted by molar-refractivity contribution is 5.73. The quantitative estimate of drug-likeness (QED) is 0.878. The smallest absolute Gasteiger partial charge is 0.219 e. The van der Waals surface area contributed by atoms with Gasteiger partial charge in [-0.05, 0) is 24.1 Å². The predicted molar refractivity (Wildman–Crippen MR) is 73.4 cm³/mol. The maximum Gasteiger partial charge on any atom is 0.219 e. The summed E-state index contributed by atoms with van der Waals surface area (Å²) in [5.41, 5.74) is 6.89. The van der Waals surface area contributed by atoms with E-state index in [4.69, 9.17) is 5.73 Å². The lowest BCUT2D eigenvalue weighted by atomic mass is 10.2. The number of carbonyl (C=O) groups excluding carboxylic acids is 1. The molecule has 1 aromatic carbocycles. The van der Waals surface area contributed by atoms with Gasteiger partial charge in [-0.25, -0.2) is 4.39 Å². The van der Waals surface area contributed by atoms with E-state index in [2.05, 4.69) is 0 Å². The summed E-state index contributed by atoms with van der Waals surface area (Å²) in [7, 11) is 0. The van der Waals surface area contributed by atoms with Crippen molar-refractivity contribution in [2.45, 2.75) is 19.9 Å². The van der Waals surface area contributed by atoms with E-state index in [0.717, 1.165) is 25.1 Å². The normalized spacial score (nSPS) is 16.4. The van der Waals surface area contributed by atoms with Crippen molar-refractivity contribution < 1.29 is 9.18 Å². The molecule has 1 saturated heterocycles. The van der Waals surface area contributed by atoms with Crippen LogP contribution in [0, 0.1) is 5.82 Å². The number of hydrogen-bond acceptors (Lipinski definition) is 3. The maximum absolute atomic E-state index is 14.0. The second-order valence-corrected chi connectivity index (χ2v) is 4.84. The van der Waals surface area contributed by atoms with Gasteiger partial charge in [0.25, 0.3) is 0 Å². The third-order valence-corrected chi connectivity index (χ3v) is 3.53. The summed E-state index contributed by atoms with van der Waals surface area (Å²) < 4.78 is 14.0. The molecule has 1 fully saturated rings. The number of carbonyl (C=O) groups is 1. The van der Waals surface area contributed by atoms with Gasteiger partial charge in [-0.2, -0.15) is 0 Å². The highest BCUT2D eigenvalue weighted by atomic mass is 19.1. The molecule has 2 N–H and O–H groups in total. The lowest BCUT2D eigenvalue weighted by Gasteiger charge is -2.24. The molecule has 2 rings (SSSR count). The van der Waals surface area contributed by atoms with Gasteiger partial charge in [0.15, 0.2) is 0 Å². The largest absolute Gasteiger partial charge is 0.367 e. The third-order valence-electron chi connectivity index (χ3n) is 3.53. The standard InChI is InChI=1S/C14H20FN3O/c1-11(19)17-5-2-6-18(8-7-17)14-4-3-12(10-16)9-13(14)15/h3-4,9H,2,5-8,10,16H2,1H3. The molecule has 0 aliphatic carbocycles. The average Bonchev–Trinajstić information content (AvgIpc) is 2.64. The minimum atomic E-state index is -0.237. The van der Waals surface area contributed by atoms with E-state index in [1.165, 1.54) is 6.07 Å². The zero-order chi connectivity index (χ0) is 13.8. The zero-order valence-electron chi connectivity index (χ0n) is 11.2. The van der Waals surface area contributed by atoms with Crippen LogP contribution in [0.15, 0.2) is 18.2 Å². The first-order valence-electron chi connectivity index (χ1n) is 6.61. The second kappa shape index (κ2) is 6.02. The molecule has 4 nitrogen and oxygen atoms in total. The van der Waals surface area contributed by atoms with Gasteiger partial charge in [0.2, 0.25) is 5.91 Å². The molecule has 1 aliphatic heterocycles. The number of nitrogens with zero attached hydrogens (tertiary/aromatic N) is 2. The van der Waals surface area contributed by atoms with Gasteiger partial charge in [0.05, 0.1) is 5.69 Å². The van der Waals surface area contributed by atoms with E-state index in [9.17, 15) is 9.18 Å². The monoisotopic (exact) mass is 265 g/mol. The molecule has 0 aromatic heterocycles. The first-order valence-corrected chi connectivity index (χ1v) is 6.61. The van der Waals surface area contributed by atoms with Gasteiger partial charge in [-0.1, -0.05) is 6.07 Å². The average molecular weight is 265 g/mol. The summed E-state index contributed by atoms with van der Waals surface area (Å²) in [6.45, 7) is 4.74. The summed E-state index contributed by atoms with van der Waals surface area (Å²) in [4.78, 5) is 15.2. The van der Waals surface area contributed by atoms with Crippen molar-refractivity contribution in [3.8, 4) is 0 Å². The predicted octanol–water partition coefficient (Wildman–Crippen LogP) is 1.34. The molecule has 0 spiro atoms. The van der Waals surface area contributed by atoms with E-state index in [1.54, 1.807) is 13.0 Å². The number of hydrogen-bond donors (Lipinski definition) is 1. The van der Waals surface area contributed by atoms with Crippen molar-refractivity contribution in [3.05, 3.63) is 29.6 Å². The van der Waals surface area contributed by atoms with Gasteiger partial charge in [0.1, 0.15) is 5.82 Å². The van der Waals surface area contributed by atoms with Gasteiger partial charge < -0.3 is 15.5 Å². The van der Waals surface area contributed by atoms with Crippen LogP contribution in [0.3, 0.4) is 0 Å². The molecule has 1 heterocycles. The molecule has 0 radical (unpaired) electrons. The Morgan fingerprint density at radius 3 is 2.74 bits per heavy atom. The highest BCUT2D eigenvalue weighted by Crippen LogP contribution is 2.22. The van der Waals surface area contributed by atoms with Crippen LogP contribution in [0.2, 0.25) is 0 Å². The molecule has 0 atom stereocenters. The molecule has 0 saturated carbocycles. The number of halogens is 1. The van der Waals surface area contributed by atoms with Crippen molar-refractivity contribution >= 4 is 11.6 Å². The van der Waals surface area contributed by atoms with Crippen LogP contribution in [0.1, 0.15) is 18.9 Å². The van der Waals surface area contributed by atoms with Crippen LogP contribution in [0.4, 0.5) is 10.1 Å². The van der Waals surface area contributed by atoms with Crippen LogP contribution in [-0.2, 0) is 11.3 Å². The Morgan fingerprint density at radius 2 is 2.11 bits per heavy atom. The van der Waals surface area contributed by atoms with E-state index in [0.29, 0.717) is 25.3 Å². The Hall–Kier alpha value is -1.62. The molecule has 1 amide bonds. The number of rotatable bonds is 2. The van der Waals surface area contributed by atoms with E-state index < -0.39 is 0 Å². The van der Waals surface area contributed by atoms with Crippen LogP contribution in [0.25, 0.3) is 0 Å². The van der Waals surface area contributed by atoms with Gasteiger partial charge >= 0.3 is 0 Å². The Bertz CT molecular complexity index is 464. The van der Waals surface area contributed by atoms with Crippen molar-refractivity contribution in [3.63, 3.8) is 0 Å². The number of nitrogens with two attached hydrogens (primary N) is 1. The molecule has 1 aliphatic rings. The van der Waals surface area contributed by atoms with Crippen LogP contribution >= 0.6 is 0 Å². The maximum atomic E-state index is 14.0. The summed E-state index contributed by atoms with van der Waals surface area (Å²) in [6.07, 6.45) is 0.859. The second-order valence-electron chi connectivity index (χ2n) is 4.84. The lowest BCUT2D eigenvalue weighted by Crippen LogP contribution is -2.33. The molecule has 0 unspecified atom stereocenters. The van der Waals surface area contributed by atoms with Crippen LogP contribution in [-0.4, -0.2) is 37.0 Å². The summed E-state index contributed by atoms with van der Waals surface area (Å²) >= 11 is 0. The molecule has 1 aromatic rings. The first kappa shape index (κ1) is 13.8. The molecular formula is C14H20FN3O. The molecule has 19 heavy (non-hydrogen) atoms. The third kappa shape index (κ3) is 3.23. The molecule has 0 bridgehead atoms.